The molecule has 0 amide bonds. The van der Waals surface area contributed by atoms with Crippen molar-refractivity contribution in [3.8, 4) is 33.4 Å². The van der Waals surface area contributed by atoms with Crippen LogP contribution in [0.4, 0.5) is 5.82 Å². The van der Waals surface area contributed by atoms with Gasteiger partial charge in [-0.1, -0.05) is 41.1 Å². The van der Waals surface area contributed by atoms with Crippen LogP contribution in [0.3, 0.4) is 0 Å². The number of hydrogen-bond acceptors (Lipinski definition) is 6. The van der Waals surface area contributed by atoms with E-state index in [2.05, 4.69) is 15.3 Å². The van der Waals surface area contributed by atoms with Crippen molar-refractivity contribution in [1.29, 1.82) is 0 Å². The molecule has 0 aliphatic rings. The summed E-state index contributed by atoms with van der Waals surface area (Å²) in [4.78, 5) is 4.66. The van der Waals surface area contributed by atoms with E-state index in [9.17, 15) is 0 Å². The summed E-state index contributed by atoms with van der Waals surface area (Å²) >= 11 is 7.42. The number of nitrogens with zero attached hydrogens (tertiary/aromatic N) is 4. The van der Waals surface area contributed by atoms with E-state index in [1.54, 1.807) is 4.68 Å². The summed E-state index contributed by atoms with van der Waals surface area (Å²) in [7, 11) is 0. The molecule has 4 aromatic rings. The van der Waals surface area contributed by atoms with Gasteiger partial charge in [-0.05, 0) is 31.2 Å². The number of para-hydroxylation sites is 2. The normalized spacial score (nSPS) is 10.9. The zero-order chi connectivity index (χ0) is 18.8. The molecule has 0 bridgehead atoms. The Balaban J connectivity index is 1.70. The summed E-state index contributed by atoms with van der Waals surface area (Å²) in [6, 6.07) is 15.1. The second-order valence-electron chi connectivity index (χ2n) is 5.68. The van der Waals surface area contributed by atoms with Gasteiger partial charge in [0.25, 0.3) is 0 Å². The maximum Gasteiger partial charge on any atom is 0.165 e. The molecule has 0 spiro atoms. The summed E-state index contributed by atoms with van der Waals surface area (Å²) in [5.41, 5.74) is 9.44. The van der Waals surface area contributed by atoms with E-state index in [1.165, 1.54) is 11.3 Å². The third kappa shape index (κ3) is 3.39. The Bertz CT molecular complexity index is 1070. The predicted molar refractivity (Wildman–Crippen MR) is 108 cm³/mol. The fourth-order valence-electron chi connectivity index (χ4n) is 2.66. The number of nitrogens with two attached hydrogens (primary N) is 1. The van der Waals surface area contributed by atoms with Crippen molar-refractivity contribution in [2.24, 2.45) is 0 Å². The van der Waals surface area contributed by atoms with Crippen LogP contribution in [0.1, 0.15) is 6.92 Å². The van der Waals surface area contributed by atoms with Gasteiger partial charge < -0.3 is 10.5 Å². The van der Waals surface area contributed by atoms with E-state index in [0.29, 0.717) is 33.9 Å². The highest BCUT2D eigenvalue weighted by Gasteiger charge is 2.18. The summed E-state index contributed by atoms with van der Waals surface area (Å²) < 4.78 is 7.24. The highest BCUT2D eigenvalue weighted by atomic mass is 35.5. The number of anilines is 1. The average Bonchev–Trinajstić information content (AvgIpc) is 3.30. The van der Waals surface area contributed by atoms with E-state index in [1.807, 2.05) is 60.8 Å². The number of hydrogen-bond donors (Lipinski definition) is 1. The molecule has 0 fully saturated rings. The zero-order valence-electron chi connectivity index (χ0n) is 14.5. The molecule has 136 valence electrons. The zero-order valence-corrected chi connectivity index (χ0v) is 16.0. The second kappa shape index (κ2) is 7.38. The molecule has 0 aliphatic heterocycles. The topological polar surface area (TPSA) is 78.8 Å². The first-order valence-corrected chi connectivity index (χ1v) is 9.58. The molecule has 0 saturated carbocycles. The molecule has 27 heavy (non-hydrogen) atoms. The lowest BCUT2D eigenvalue weighted by molar-refractivity contribution is 0.338. The first-order valence-electron chi connectivity index (χ1n) is 8.32. The summed E-state index contributed by atoms with van der Waals surface area (Å²) in [6.45, 7) is 2.48. The fourth-order valence-corrected chi connectivity index (χ4v) is 3.61. The van der Waals surface area contributed by atoms with Crippen LogP contribution in [0, 0.1) is 0 Å². The van der Waals surface area contributed by atoms with Crippen LogP contribution in [0.2, 0.25) is 5.02 Å². The molecular formula is C19H16ClN5OS. The molecule has 0 atom stereocenters. The second-order valence-corrected chi connectivity index (χ2v) is 6.98. The third-order valence-corrected chi connectivity index (χ3v) is 5.05. The summed E-state index contributed by atoms with van der Waals surface area (Å²) in [5, 5.41) is 11.8. The standard InChI is InChI=1S/C19H16ClN5OS/c1-2-26-16-6-4-3-5-15(16)25-18(21)17(23-24-25)19-22-14(11-27-19)12-7-9-13(20)10-8-12/h3-11H,2,21H2,1H3. The minimum absolute atomic E-state index is 0.416. The van der Waals surface area contributed by atoms with Crippen LogP contribution in [0.25, 0.3) is 27.6 Å². The van der Waals surface area contributed by atoms with Gasteiger partial charge in [0.2, 0.25) is 0 Å². The summed E-state index contributed by atoms with van der Waals surface area (Å²) in [6.07, 6.45) is 0. The highest BCUT2D eigenvalue weighted by molar-refractivity contribution is 7.13. The molecule has 0 radical (unpaired) electrons. The lowest BCUT2D eigenvalue weighted by Crippen LogP contribution is -2.05. The van der Waals surface area contributed by atoms with E-state index < -0.39 is 0 Å². The van der Waals surface area contributed by atoms with Crippen LogP contribution in [-0.2, 0) is 0 Å². The Morgan fingerprint density at radius 3 is 2.70 bits per heavy atom. The lowest BCUT2D eigenvalue weighted by Gasteiger charge is -2.10. The lowest BCUT2D eigenvalue weighted by atomic mass is 10.2. The molecule has 2 heterocycles. The SMILES string of the molecule is CCOc1ccccc1-n1nnc(-c2nc(-c3ccc(Cl)cc3)cs2)c1N. The molecule has 6 nitrogen and oxygen atoms in total. The largest absolute Gasteiger partial charge is 0.492 e. The smallest absolute Gasteiger partial charge is 0.165 e. The molecule has 0 saturated heterocycles. The molecule has 2 N–H and O–H groups in total. The maximum absolute atomic E-state index is 6.33. The molecular weight excluding hydrogens is 382 g/mol. The van der Waals surface area contributed by atoms with Crippen molar-refractivity contribution in [3.05, 3.63) is 58.9 Å². The number of nitrogen functional groups attached to an aromatic ring is 1. The molecule has 8 heteroatoms. The van der Waals surface area contributed by atoms with E-state index in [4.69, 9.17) is 22.1 Å². The van der Waals surface area contributed by atoms with Crippen LogP contribution in [0.5, 0.6) is 5.75 Å². The Labute approximate surface area is 165 Å². The Hall–Kier alpha value is -2.90. The van der Waals surface area contributed by atoms with Crippen LogP contribution >= 0.6 is 22.9 Å². The third-order valence-electron chi connectivity index (χ3n) is 3.95. The van der Waals surface area contributed by atoms with Crippen molar-refractivity contribution in [3.63, 3.8) is 0 Å². The molecule has 0 unspecified atom stereocenters. The van der Waals surface area contributed by atoms with Crippen molar-refractivity contribution in [2.75, 3.05) is 12.3 Å². The number of rotatable bonds is 5. The van der Waals surface area contributed by atoms with E-state index >= 15 is 0 Å². The first kappa shape index (κ1) is 17.5. The Morgan fingerprint density at radius 2 is 1.93 bits per heavy atom. The van der Waals surface area contributed by atoms with Crippen molar-refractivity contribution >= 4 is 28.8 Å². The van der Waals surface area contributed by atoms with Gasteiger partial charge in [-0.15, -0.1) is 16.4 Å². The molecule has 2 aromatic carbocycles. The quantitative estimate of drug-likeness (QED) is 0.528. The number of ether oxygens (including phenoxy) is 1. The van der Waals surface area contributed by atoms with Gasteiger partial charge in [-0.3, -0.25) is 0 Å². The van der Waals surface area contributed by atoms with E-state index in [0.717, 1.165) is 16.9 Å². The molecule has 4 rings (SSSR count). The Morgan fingerprint density at radius 1 is 1.15 bits per heavy atom. The fraction of sp³-hybridized carbons (Fsp3) is 0.105. The molecule has 2 aromatic heterocycles. The first-order chi connectivity index (χ1) is 13.2. The van der Waals surface area contributed by atoms with Gasteiger partial charge in [0.1, 0.15) is 16.4 Å². The summed E-state index contributed by atoms with van der Waals surface area (Å²) in [5.74, 6) is 1.11. The predicted octanol–water partition coefficient (Wildman–Crippen LogP) is 4.69. The van der Waals surface area contributed by atoms with Crippen LogP contribution < -0.4 is 10.5 Å². The van der Waals surface area contributed by atoms with Gasteiger partial charge in [0, 0.05) is 16.0 Å². The Kier molecular flexibility index (Phi) is 4.79. The van der Waals surface area contributed by atoms with Gasteiger partial charge in [0.05, 0.1) is 12.3 Å². The monoisotopic (exact) mass is 397 g/mol. The number of benzene rings is 2. The van der Waals surface area contributed by atoms with Gasteiger partial charge in [-0.25, -0.2) is 4.98 Å². The van der Waals surface area contributed by atoms with Gasteiger partial charge in [-0.2, -0.15) is 4.68 Å². The number of thiazole rings is 1. The van der Waals surface area contributed by atoms with Crippen molar-refractivity contribution in [1.82, 2.24) is 20.0 Å². The number of halogens is 1. The van der Waals surface area contributed by atoms with Crippen LogP contribution in [0.15, 0.2) is 53.9 Å². The highest BCUT2D eigenvalue weighted by Crippen LogP contribution is 2.33. The number of aromatic nitrogens is 4. The maximum atomic E-state index is 6.33. The van der Waals surface area contributed by atoms with Crippen LogP contribution in [-0.4, -0.2) is 26.6 Å². The van der Waals surface area contributed by atoms with Gasteiger partial charge in [0.15, 0.2) is 11.5 Å². The van der Waals surface area contributed by atoms with Crippen molar-refractivity contribution < 1.29 is 4.74 Å². The van der Waals surface area contributed by atoms with Gasteiger partial charge >= 0.3 is 0 Å². The average molecular weight is 398 g/mol. The van der Waals surface area contributed by atoms with Crippen molar-refractivity contribution in [2.45, 2.75) is 6.92 Å². The van der Waals surface area contributed by atoms with E-state index in [-0.39, 0.29) is 0 Å². The minimum atomic E-state index is 0.416. The minimum Gasteiger partial charge on any atom is -0.492 e. The molecule has 0 aliphatic carbocycles.